The number of benzene rings is 1. The minimum atomic E-state index is -3.30. The van der Waals surface area contributed by atoms with Crippen molar-refractivity contribution in [1.82, 2.24) is 4.98 Å². The molecule has 6 heteroatoms. The predicted octanol–water partition coefficient (Wildman–Crippen LogP) is 3.54. The molecule has 0 saturated carbocycles. The summed E-state index contributed by atoms with van der Waals surface area (Å²) in [6, 6.07) is 11.7. The number of aryl methyl sites for hydroxylation is 1. The lowest BCUT2D eigenvalue weighted by Gasteiger charge is -2.10. The Labute approximate surface area is 138 Å². The molecule has 1 heterocycles. The van der Waals surface area contributed by atoms with Gasteiger partial charge in [-0.3, -0.25) is 4.72 Å². The van der Waals surface area contributed by atoms with Crippen molar-refractivity contribution in [3.8, 4) is 0 Å². The monoisotopic (exact) mass is 333 g/mol. The molecule has 0 unspecified atom stereocenters. The van der Waals surface area contributed by atoms with Gasteiger partial charge in [-0.15, -0.1) is 0 Å². The summed E-state index contributed by atoms with van der Waals surface area (Å²) < 4.78 is 26.1. The number of unbranched alkanes of at least 4 members (excludes halogenated alkanes) is 1. The van der Waals surface area contributed by atoms with Gasteiger partial charge in [0.25, 0.3) is 0 Å². The Hall–Kier alpha value is -2.08. The fourth-order valence-electron chi connectivity index (χ4n) is 2.11. The van der Waals surface area contributed by atoms with Crippen molar-refractivity contribution in [2.45, 2.75) is 33.2 Å². The summed E-state index contributed by atoms with van der Waals surface area (Å²) in [5.41, 5.74) is 3.30. The standard InChI is InChI=1S/C17H23N3O2S/c1-3-4-11-23(21,22)20-17-10-9-16(13-19-17)18-12-15-8-6-5-7-14(15)2/h5-10,13,18H,3-4,11-12H2,1-2H3,(H,19,20). The summed E-state index contributed by atoms with van der Waals surface area (Å²) in [6.45, 7) is 4.74. The topological polar surface area (TPSA) is 71.1 Å². The maximum Gasteiger partial charge on any atom is 0.233 e. The first kappa shape index (κ1) is 17.3. The third-order valence-corrected chi connectivity index (χ3v) is 4.88. The van der Waals surface area contributed by atoms with Crippen molar-refractivity contribution in [3.05, 3.63) is 53.7 Å². The van der Waals surface area contributed by atoms with Gasteiger partial charge in [-0.25, -0.2) is 13.4 Å². The predicted molar refractivity (Wildman–Crippen MR) is 95.1 cm³/mol. The highest BCUT2D eigenvalue weighted by Crippen LogP contribution is 2.14. The Bertz CT molecular complexity index is 728. The number of hydrogen-bond acceptors (Lipinski definition) is 4. The van der Waals surface area contributed by atoms with Gasteiger partial charge in [0.05, 0.1) is 17.6 Å². The minimum Gasteiger partial charge on any atom is -0.380 e. The van der Waals surface area contributed by atoms with Crippen LogP contribution in [0.15, 0.2) is 42.6 Å². The first-order chi connectivity index (χ1) is 11.0. The second-order valence-electron chi connectivity index (χ2n) is 5.49. The molecule has 0 saturated heterocycles. The third kappa shape index (κ3) is 5.56. The molecule has 124 valence electrons. The highest BCUT2D eigenvalue weighted by Gasteiger charge is 2.10. The first-order valence-corrected chi connectivity index (χ1v) is 9.40. The van der Waals surface area contributed by atoms with Gasteiger partial charge >= 0.3 is 0 Å². The van der Waals surface area contributed by atoms with Crippen LogP contribution in [0.2, 0.25) is 0 Å². The first-order valence-electron chi connectivity index (χ1n) is 7.75. The quantitative estimate of drug-likeness (QED) is 0.775. The lowest BCUT2D eigenvalue weighted by molar-refractivity contribution is 0.597. The van der Waals surface area contributed by atoms with Crippen LogP contribution in [0.25, 0.3) is 0 Å². The molecule has 23 heavy (non-hydrogen) atoms. The van der Waals surface area contributed by atoms with Gasteiger partial charge < -0.3 is 5.32 Å². The second kappa shape index (κ2) is 7.97. The number of aromatic nitrogens is 1. The van der Waals surface area contributed by atoms with E-state index >= 15 is 0 Å². The highest BCUT2D eigenvalue weighted by molar-refractivity contribution is 7.92. The number of nitrogens with zero attached hydrogens (tertiary/aromatic N) is 1. The fraction of sp³-hybridized carbons (Fsp3) is 0.353. The van der Waals surface area contributed by atoms with E-state index in [1.54, 1.807) is 12.3 Å². The maximum absolute atomic E-state index is 11.8. The van der Waals surface area contributed by atoms with Gasteiger partial charge in [-0.1, -0.05) is 37.6 Å². The zero-order valence-electron chi connectivity index (χ0n) is 13.5. The molecule has 2 N–H and O–H groups in total. The van der Waals surface area contributed by atoms with E-state index in [2.05, 4.69) is 34.1 Å². The molecule has 0 amide bonds. The van der Waals surface area contributed by atoms with Crippen LogP contribution < -0.4 is 10.0 Å². The molecule has 5 nitrogen and oxygen atoms in total. The molecule has 1 aromatic heterocycles. The van der Waals surface area contributed by atoms with E-state index in [0.29, 0.717) is 18.8 Å². The van der Waals surface area contributed by atoms with Crippen molar-refractivity contribution in [1.29, 1.82) is 0 Å². The summed E-state index contributed by atoms with van der Waals surface area (Å²) in [4.78, 5) is 4.15. The number of anilines is 2. The molecule has 0 aliphatic rings. The van der Waals surface area contributed by atoms with Gasteiger partial charge in [-0.05, 0) is 36.6 Å². The molecular formula is C17H23N3O2S. The molecule has 1 aromatic carbocycles. The highest BCUT2D eigenvalue weighted by atomic mass is 32.2. The summed E-state index contributed by atoms with van der Waals surface area (Å²) >= 11 is 0. The number of nitrogens with one attached hydrogen (secondary N) is 2. The Morgan fingerprint density at radius 1 is 1.13 bits per heavy atom. The molecule has 0 spiro atoms. The Morgan fingerprint density at radius 3 is 2.57 bits per heavy atom. The molecule has 0 aliphatic carbocycles. The van der Waals surface area contributed by atoms with Crippen LogP contribution in [-0.2, 0) is 16.6 Å². The van der Waals surface area contributed by atoms with E-state index in [0.717, 1.165) is 12.1 Å². The van der Waals surface area contributed by atoms with E-state index in [4.69, 9.17) is 0 Å². The van der Waals surface area contributed by atoms with Crippen LogP contribution in [0.3, 0.4) is 0 Å². The van der Waals surface area contributed by atoms with Crippen LogP contribution >= 0.6 is 0 Å². The van der Waals surface area contributed by atoms with Crippen LogP contribution in [0.4, 0.5) is 11.5 Å². The number of rotatable bonds is 8. The normalized spacial score (nSPS) is 11.2. The van der Waals surface area contributed by atoms with Gasteiger partial charge in [0.2, 0.25) is 10.0 Å². The summed E-state index contributed by atoms with van der Waals surface area (Å²) in [5, 5.41) is 3.29. The molecule has 0 fully saturated rings. The molecule has 0 bridgehead atoms. The Kier molecular flexibility index (Phi) is 5.98. The van der Waals surface area contributed by atoms with Crippen LogP contribution in [0, 0.1) is 6.92 Å². The molecule has 0 aliphatic heterocycles. The molecule has 2 rings (SSSR count). The molecule has 0 atom stereocenters. The fourth-order valence-corrected chi connectivity index (χ4v) is 3.32. The van der Waals surface area contributed by atoms with Crippen LogP contribution in [-0.4, -0.2) is 19.2 Å². The Morgan fingerprint density at radius 2 is 1.91 bits per heavy atom. The second-order valence-corrected chi connectivity index (χ2v) is 7.33. The summed E-state index contributed by atoms with van der Waals surface area (Å²) in [5.74, 6) is 0.473. The summed E-state index contributed by atoms with van der Waals surface area (Å²) in [6.07, 6.45) is 3.12. The molecule has 2 aromatic rings. The largest absolute Gasteiger partial charge is 0.380 e. The third-order valence-electron chi connectivity index (χ3n) is 3.53. The lowest BCUT2D eigenvalue weighted by atomic mass is 10.1. The average molecular weight is 333 g/mol. The van der Waals surface area contributed by atoms with E-state index in [9.17, 15) is 8.42 Å². The van der Waals surface area contributed by atoms with Gasteiger partial charge in [-0.2, -0.15) is 0 Å². The van der Waals surface area contributed by atoms with Crippen molar-refractivity contribution in [2.75, 3.05) is 15.8 Å². The minimum absolute atomic E-state index is 0.123. The van der Waals surface area contributed by atoms with Crippen molar-refractivity contribution < 1.29 is 8.42 Å². The van der Waals surface area contributed by atoms with Crippen LogP contribution in [0.1, 0.15) is 30.9 Å². The van der Waals surface area contributed by atoms with E-state index < -0.39 is 10.0 Å². The maximum atomic E-state index is 11.8. The van der Waals surface area contributed by atoms with E-state index in [1.165, 1.54) is 11.1 Å². The average Bonchev–Trinajstić information content (AvgIpc) is 2.53. The SMILES string of the molecule is CCCCS(=O)(=O)Nc1ccc(NCc2ccccc2C)cn1. The molecule has 0 radical (unpaired) electrons. The van der Waals surface area contributed by atoms with Gasteiger partial charge in [0, 0.05) is 6.54 Å². The zero-order valence-corrected chi connectivity index (χ0v) is 14.4. The Balaban J connectivity index is 1.93. The summed E-state index contributed by atoms with van der Waals surface area (Å²) in [7, 11) is -3.30. The van der Waals surface area contributed by atoms with E-state index in [1.807, 2.05) is 25.1 Å². The smallest absolute Gasteiger partial charge is 0.233 e. The van der Waals surface area contributed by atoms with Crippen molar-refractivity contribution >= 4 is 21.5 Å². The lowest BCUT2D eigenvalue weighted by Crippen LogP contribution is -2.17. The van der Waals surface area contributed by atoms with Crippen molar-refractivity contribution in [3.63, 3.8) is 0 Å². The zero-order chi connectivity index (χ0) is 16.7. The van der Waals surface area contributed by atoms with Crippen LogP contribution in [0.5, 0.6) is 0 Å². The van der Waals surface area contributed by atoms with Gasteiger partial charge in [0.1, 0.15) is 5.82 Å². The number of sulfonamides is 1. The number of pyridine rings is 1. The van der Waals surface area contributed by atoms with E-state index in [-0.39, 0.29) is 5.75 Å². The van der Waals surface area contributed by atoms with Crippen molar-refractivity contribution in [2.24, 2.45) is 0 Å². The molecular weight excluding hydrogens is 310 g/mol. The van der Waals surface area contributed by atoms with Gasteiger partial charge in [0.15, 0.2) is 0 Å². The number of hydrogen-bond donors (Lipinski definition) is 2.